The molecule has 0 radical (unpaired) electrons. The minimum atomic E-state index is -1.06. The van der Waals surface area contributed by atoms with Crippen LogP contribution in [0.5, 0.6) is 0 Å². The summed E-state index contributed by atoms with van der Waals surface area (Å²) in [4.78, 5) is 32.8. The molecule has 0 bridgehead atoms. The molecule has 0 amide bonds. The van der Waals surface area contributed by atoms with Crippen molar-refractivity contribution in [1.82, 2.24) is 4.57 Å². The lowest BCUT2D eigenvalue weighted by atomic mass is 10.4. The average Bonchev–Trinajstić information content (AvgIpc) is 2.16. The Bertz CT molecular complexity index is 393. The van der Waals surface area contributed by atoms with Gasteiger partial charge in [0.25, 0.3) is 5.56 Å². The summed E-state index contributed by atoms with van der Waals surface area (Å²) < 4.78 is 4.86. The third kappa shape index (κ3) is 1.81. The lowest BCUT2D eigenvalue weighted by Gasteiger charge is -1.99. The first-order valence-corrected chi connectivity index (χ1v) is 3.47. The van der Waals surface area contributed by atoms with E-state index in [0.717, 1.165) is 7.11 Å². The van der Waals surface area contributed by atoms with Crippen LogP contribution < -0.4 is 5.56 Å². The maximum Gasteiger partial charge on any atom is 0.397 e. The molecule has 0 unspecified atom stereocenters. The van der Waals surface area contributed by atoms with E-state index >= 15 is 0 Å². The number of carbonyl (C=O) groups excluding carboxylic acids is 2. The van der Waals surface area contributed by atoms with E-state index in [1.54, 1.807) is 0 Å². The molecule has 68 valence electrons. The van der Waals surface area contributed by atoms with Crippen LogP contribution in [0.4, 0.5) is 0 Å². The number of pyridine rings is 1. The highest BCUT2D eigenvalue weighted by atomic mass is 16.5. The lowest BCUT2D eigenvalue weighted by molar-refractivity contribution is -0.135. The fourth-order valence-electron chi connectivity index (χ4n) is 0.781. The molecule has 13 heavy (non-hydrogen) atoms. The molecule has 0 aliphatic rings. The molecule has 0 aliphatic heterocycles. The van der Waals surface area contributed by atoms with Gasteiger partial charge in [-0.15, -0.1) is 0 Å². The third-order valence-corrected chi connectivity index (χ3v) is 1.40. The van der Waals surface area contributed by atoms with E-state index in [9.17, 15) is 14.4 Å². The summed E-state index contributed by atoms with van der Waals surface area (Å²) in [5.74, 6) is -2.05. The summed E-state index contributed by atoms with van der Waals surface area (Å²) in [5, 5.41) is 0. The van der Waals surface area contributed by atoms with Crippen LogP contribution in [0.1, 0.15) is 4.79 Å². The van der Waals surface area contributed by atoms with Gasteiger partial charge in [-0.1, -0.05) is 6.07 Å². The quantitative estimate of drug-likeness (QED) is 0.405. The van der Waals surface area contributed by atoms with Gasteiger partial charge in [-0.2, -0.15) is 0 Å². The minimum Gasteiger partial charge on any atom is -0.462 e. The topological polar surface area (TPSA) is 65.4 Å². The van der Waals surface area contributed by atoms with Crippen molar-refractivity contribution in [3.05, 3.63) is 34.7 Å². The van der Waals surface area contributed by atoms with Crippen LogP contribution in [0.2, 0.25) is 0 Å². The van der Waals surface area contributed by atoms with Gasteiger partial charge in [0.05, 0.1) is 7.11 Å². The van der Waals surface area contributed by atoms with Crippen molar-refractivity contribution in [3.8, 4) is 0 Å². The summed E-state index contributed by atoms with van der Waals surface area (Å²) in [7, 11) is 1.08. The third-order valence-electron chi connectivity index (χ3n) is 1.40. The smallest absolute Gasteiger partial charge is 0.397 e. The second-order valence-electron chi connectivity index (χ2n) is 2.21. The van der Waals surface area contributed by atoms with Gasteiger partial charge in [0, 0.05) is 12.3 Å². The summed E-state index contributed by atoms with van der Waals surface area (Å²) in [6, 6.07) is 4.13. The van der Waals surface area contributed by atoms with Gasteiger partial charge in [0.2, 0.25) is 0 Å². The predicted molar refractivity (Wildman–Crippen MR) is 43.3 cm³/mol. The fourth-order valence-corrected chi connectivity index (χ4v) is 0.781. The molecule has 0 aromatic carbocycles. The predicted octanol–water partition coefficient (Wildman–Crippen LogP) is -0.339. The minimum absolute atomic E-state index is 0.557. The van der Waals surface area contributed by atoms with Gasteiger partial charge in [0.1, 0.15) is 0 Å². The van der Waals surface area contributed by atoms with Gasteiger partial charge >= 0.3 is 11.9 Å². The van der Waals surface area contributed by atoms with E-state index in [4.69, 9.17) is 0 Å². The Hall–Kier alpha value is -1.91. The Morgan fingerprint density at radius 1 is 1.38 bits per heavy atom. The molecule has 5 nitrogen and oxygen atoms in total. The first kappa shape index (κ1) is 9.18. The van der Waals surface area contributed by atoms with Gasteiger partial charge in [-0.3, -0.25) is 9.59 Å². The number of methoxy groups -OCH3 is 1. The molecule has 1 rings (SSSR count). The number of esters is 1. The standard InChI is InChI=1S/C8H7NO4/c1-13-8(12)7(11)9-5-3-2-4-6(9)10/h2-5H,1H3. The molecule has 1 heterocycles. The maximum atomic E-state index is 11.1. The second-order valence-corrected chi connectivity index (χ2v) is 2.21. The summed E-state index contributed by atoms with van der Waals surface area (Å²) in [5.41, 5.74) is -0.557. The van der Waals surface area contributed by atoms with E-state index in [0.29, 0.717) is 4.57 Å². The fraction of sp³-hybridized carbons (Fsp3) is 0.125. The summed E-state index contributed by atoms with van der Waals surface area (Å²) in [6.45, 7) is 0. The van der Waals surface area contributed by atoms with Crippen molar-refractivity contribution in [1.29, 1.82) is 0 Å². The highest BCUT2D eigenvalue weighted by molar-refractivity contribution is 6.33. The molecule has 0 saturated carbocycles. The van der Waals surface area contributed by atoms with Gasteiger partial charge in [0.15, 0.2) is 0 Å². The van der Waals surface area contributed by atoms with E-state index in [2.05, 4.69) is 4.74 Å². The lowest BCUT2D eigenvalue weighted by Crippen LogP contribution is -2.31. The normalized spacial score (nSPS) is 9.31. The van der Waals surface area contributed by atoms with Crippen molar-refractivity contribution in [2.75, 3.05) is 7.11 Å². The Balaban J connectivity index is 3.10. The van der Waals surface area contributed by atoms with E-state index in [-0.39, 0.29) is 0 Å². The second kappa shape index (κ2) is 3.66. The first-order valence-electron chi connectivity index (χ1n) is 3.47. The van der Waals surface area contributed by atoms with Crippen LogP contribution in [0.3, 0.4) is 0 Å². The average molecular weight is 181 g/mol. The monoisotopic (exact) mass is 181 g/mol. The Kier molecular flexibility index (Phi) is 2.59. The zero-order valence-electron chi connectivity index (χ0n) is 6.89. The van der Waals surface area contributed by atoms with Gasteiger partial charge in [-0.25, -0.2) is 9.36 Å². The molecule has 0 aliphatic carbocycles. The zero-order chi connectivity index (χ0) is 9.84. The number of rotatable bonds is 0. The van der Waals surface area contributed by atoms with Crippen molar-refractivity contribution in [3.63, 3.8) is 0 Å². The molecule has 1 aromatic rings. The van der Waals surface area contributed by atoms with E-state index < -0.39 is 17.4 Å². The van der Waals surface area contributed by atoms with Crippen LogP contribution in [0, 0.1) is 0 Å². The number of hydrogen-bond donors (Lipinski definition) is 0. The van der Waals surface area contributed by atoms with E-state index in [1.807, 2.05) is 0 Å². The Labute approximate surface area is 73.6 Å². The van der Waals surface area contributed by atoms with Crippen LogP contribution in [-0.4, -0.2) is 23.6 Å². The van der Waals surface area contributed by atoms with E-state index in [1.165, 1.54) is 24.4 Å². The number of aromatic nitrogens is 1. The van der Waals surface area contributed by atoms with Crippen LogP contribution in [-0.2, 0) is 9.53 Å². The maximum absolute atomic E-state index is 11.1. The van der Waals surface area contributed by atoms with Crippen LogP contribution >= 0.6 is 0 Å². The Morgan fingerprint density at radius 2 is 2.08 bits per heavy atom. The largest absolute Gasteiger partial charge is 0.462 e. The number of carbonyl (C=O) groups is 2. The van der Waals surface area contributed by atoms with Crippen LogP contribution in [0.15, 0.2) is 29.2 Å². The van der Waals surface area contributed by atoms with Gasteiger partial charge in [-0.05, 0) is 6.07 Å². The highest BCUT2D eigenvalue weighted by Crippen LogP contribution is 1.84. The van der Waals surface area contributed by atoms with Crippen molar-refractivity contribution in [2.45, 2.75) is 0 Å². The van der Waals surface area contributed by atoms with Crippen molar-refractivity contribution >= 4 is 11.9 Å². The van der Waals surface area contributed by atoms with Crippen LogP contribution in [0.25, 0.3) is 0 Å². The van der Waals surface area contributed by atoms with Crippen molar-refractivity contribution < 1.29 is 14.3 Å². The highest BCUT2D eigenvalue weighted by Gasteiger charge is 2.16. The molecule has 1 aromatic heterocycles. The zero-order valence-corrected chi connectivity index (χ0v) is 6.89. The number of hydrogen-bond acceptors (Lipinski definition) is 4. The number of ether oxygens (including phenoxy) is 1. The Morgan fingerprint density at radius 3 is 2.62 bits per heavy atom. The molecule has 0 fully saturated rings. The summed E-state index contributed by atoms with van der Waals surface area (Å²) >= 11 is 0. The number of nitrogens with zero attached hydrogens (tertiary/aromatic N) is 1. The molecule has 5 heteroatoms. The summed E-state index contributed by atoms with van der Waals surface area (Å²) in [6.07, 6.45) is 1.21. The van der Waals surface area contributed by atoms with Gasteiger partial charge < -0.3 is 4.74 Å². The molecule has 0 spiro atoms. The first-order chi connectivity index (χ1) is 6.16. The molecule has 0 N–H and O–H groups in total. The SMILES string of the molecule is COC(=O)C(=O)n1ccccc1=O. The molecular formula is C8H7NO4. The molecular weight excluding hydrogens is 174 g/mol. The van der Waals surface area contributed by atoms with Crippen molar-refractivity contribution in [2.24, 2.45) is 0 Å². The molecule has 0 atom stereocenters. The molecule has 0 saturated heterocycles.